The van der Waals surface area contributed by atoms with Crippen molar-refractivity contribution in [3.63, 3.8) is 0 Å². The molecule has 3 nitrogen and oxygen atoms in total. The lowest BCUT2D eigenvalue weighted by Gasteiger charge is -2.15. The van der Waals surface area contributed by atoms with Crippen molar-refractivity contribution in [2.45, 2.75) is 25.7 Å². The van der Waals surface area contributed by atoms with Crippen LogP contribution in [0.5, 0.6) is 0 Å². The molecule has 0 aliphatic heterocycles. The van der Waals surface area contributed by atoms with Crippen molar-refractivity contribution in [3.8, 4) is 0 Å². The van der Waals surface area contributed by atoms with Crippen LogP contribution in [0.2, 0.25) is 0 Å². The van der Waals surface area contributed by atoms with Crippen molar-refractivity contribution < 1.29 is 14.3 Å². The first kappa shape index (κ1) is 10.9. The zero-order chi connectivity index (χ0) is 11.5. The smallest absolute Gasteiger partial charge is 0.309 e. The van der Waals surface area contributed by atoms with Crippen molar-refractivity contribution in [1.82, 2.24) is 0 Å². The SMILES string of the molecule is COC(=O)Cc1ccc2c(c1)C(=O)CCC2. The second kappa shape index (κ2) is 4.47. The highest BCUT2D eigenvalue weighted by atomic mass is 16.5. The van der Waals surface area contributed by atoms with Crippen LogP contribution in [0.3, 0.4) is 0 Å². The third-order valence-corrected chi connectivity index (χ3v) is 2.90. The average molecular weight is 218 g/mol. The maximum atomic E-state index is 11.7. The first-order valence-electron chi connectivity index (χ1n) is 5.42. The van der Waals surface area contributed by atoms with Gasteiger partial charge >= 0.3 is 5.97 Å². The van der Waals surface area contributed by atoms with E-state index in [2.05, 4.69) is 4.74 Å². The Morgan fingerprint density at radius 3 is 2.94 bits per heavy atom. The number of ketones is 1. The van der Waals surface area contributed by atoms with E-state index in [-0.39, 0.29) is 18.2 Å². The van der Waals surface area contributed by atoms with Crippen LogP contribution >= 0.6 is 0 Å². The van der Waals surface area contributed by atoms with Crippen LogP contribution in [0.15, 0.2) is 18.2 Å². The molecule has 0 amide bonds. The molecule has 0 N–H and O–H groups in total. The Labute approximate surface area is 94.4 Å². The van der Waals surface area contributed by atoms with Gasteiger partial charge in [-0.3, -0.25) is 9.59 Å². The van der Waals surface area contributed by atoms with Gasteiger partial charge in [-0.1, -0.05) is 12.1 Å². The van der Waals surface area contributed by atoms with Gasteiger partial charge in [0, 0.05) is 12.0 Å². The highest BCUT2D eigenvalue weighted by molar-refractivity contribution is 5.98. The number of carbonyl (C=O) groups is 2. The molecule has 1 aromatic rings. The number of hydrogen-bond acceptors (Lipinski definition) is 3. The monoisotopic (exact) mass is 218 g/mol. The number of rotatable bonds is 2. The number of ether oxygens (including phenoxy) is 1. The first-order chi connectivity index (χ1) is 7.70. The first-order valence-corrected chi connectivity index (χ1v) is 5.42. The number of carbonyl (C=O) groups excluding carboxylic acids is 2. The third-order valence-electron chi connectivity index (χ3n) is 2.90. The number of fused-ring (bicyclic) bond motifs is 1. The summed E-state index contributed by atoms with van der Waals surface area (Å²) in [6, 6.07) is 5.67. The lowest BCUT2D eigenvalue weighted by Crippen LogP contribution is -2.12. The number of methoxy groups -OCH3 is 1. The topological polar surface area (TPSA) is 43.4 Å². The molecule has 0 radical (unpaired) electrons. The molecule has 0 bridgehead atoms. The Kier molecular flexibility index (Phi) is 3.04. The minimum absolute atomic E-state index is 0.188. The van der Waals surface area contributed by atoms with Crippen molar-refractivity contribution in [1.29, 1.82) is 0 Å². The largest absolute Gasteiger partial charge is 0.469 e. The van der Waals surface area contributed by atoms with E-state index in [9.17, 15) is 9.59 Å². The highest BCUT2D eigenvalue weighted by Crippen LogP contribution is 2.22. The normalized spacial score (nSPS) is 14.4. The molecule has 1 aromatic carbocycles. The van der Waals surface area contributed by atoms with Gasteiger partial charge in [-0.25, -0.2) is 0 Å². The van der Waals surface area contributed by atoms with Crippen LogP contribution in [0.1, 0.15) is 34.3 Å². The van der Waals surface area contributed by atoms with E-state index in [1.807, 2.05) is 18.2 Å². The summed E-state index contributed by atoms with van der Waals surface area (Å²) in [5, 5.41) is 0. The van der Waals surface area contributed by atoms with Gasteiger partial charge in [0.05, 0.1) is 13.5 Å². The Bertz CT molecular complexity index is 435. The van der Waals surface area contributed by atoms with E-state index in [1.165, 1.54) is 7.11 Å². The van der Waals surface area contributed by atoms with Crippen LogP contribution in [-0.4, -0.2) is 18.9 Å². The molecule has 0 atom stereocenters. The van der Waals surface area contributed by atoms with Gasteiger partial charge in [0.15, 0.2) is 5.78 Å². The van der Waals surface area contributed by atoms with Gasteiger partial charge in [0.2, 0.25) is 0 Å². The van der Waals surface area contributed by atoms with Crippen LogP contribution in [0.4, 0.5) is 0 Å². The summed E-state index contributed by atoms with van der Waals surface area (Å²) in [6.45, 7) is 0. The molecular formula is C13H14O3. The van der Waals surface area contributed by atoms with Crippen LogP contribution in [-0.2, 0) is 22.4 Å². The van der Waals surface area contributed by atoms with Crippen molar-refractivity contribution in [2.24, 2.45) is 0 Å². The molecule has 0 spiro atoms. The number of Topliss-reactive ketones (excluding diaryl/α,β-unsaturated/α-hetero) is 1. The van der Waals surface area contributed by atoms with Gasteiger partial charge in [0.25, 0.3) is 0 Å². The second-order valence-corrected chi connectivity index (χ2v) is 4.02. The number of esters is 1. The second-order valence-electron chi connectivity index (χ2n) is 4.02. The van der Waals surface area contributed by atoms with Crippen molar-refractivity contribution >= 4 is 11.8 Å². The van der Waals surface area contributed by atoms with Crippen LogP contribution in [0.25, 0.3) is 0 Å². The summed E-state index contributed by atoms with van der Waals surface area (Å²) in [4.78, 5) is 22.8. The predicted octanol–water partition coefficient (Wildman–Crippen LogP) is 1.92. The third kappa shape index (κ3) is 2.13. The van der Waals surface area contributed by atoms with Crippen molar-refractivity contribution in [2.75, 3.05) is 7.11 Å². The summed E-state index contributed by atoms with van der Waals surface area (Å²) in [5.41, 5.74) is 2.73. The number of hydrogen-bond donors (Lipinski definition) is 0. The van der Waals surface area contributed by atoms with E-state index in [4.69, 9.17) is 0 Å². The molecule has 0 aromatic heterocycles. The summed E-state index contributed by atoms with van der Waals surface area (Å²) in [6.07, 6.45) is 2.74. The fraction of sp³-hybridized carbons (Fsp3) is 0.385. The number of aryl methyl sites for hydroxylation is 1. The van der Waals surface area contributed by atoms with Crippen LogP contribution < -0.4 is 0 Å². The molecule has 1 aliphatic rings. The molecular weight excluding hydrogens is 204 g/mol. The molecule has 0 heterocycles. The minimum Gasteiger partial charge on any atom is -0.469 e. The number of benzene rings is 1. The van der Waals surface area contributed by atoms with E-state index in [0.717, 1.165) is 29.5 Å². The fourth-order valence-electron chi connectivity index (χ4n) is 2.02. The lowest BCUT2D eigenvalue weighted by molar-refractivity contribution is -0.139. The summed E-state index contributed by atoms with van der Waals surface area (Å²) < 4.78 is 4.60. The standard InChI is InChI=1S/C13H14O3/c1-16-13(15)8-9-5-6-10-3-2-4-12(14)11(10)7-9/h5-7H,2-4,8H2,1H3. The summed E-state index contributed by atoms with van der Waals surface area (Å²) in [7, 11) is 1.37. The van der Waals surface area contributed by atoms with Gasteiger partial charge in [0.1, 0.15) is 0 Å². The maximum Gasteiger partial charge on any atom is 0.309 e. The zero-order valence-electron chi connectivity index (χ0n) is 9.29. The van der Waals surface area contributed by atoms with Crippen LogP contribution in [0, 0.1) is 0 Å². The lowest BCUT2D eigenvalue weighted by atomic mass is 9.89. The molecule has 84 valence electrons. The molecule has 0 saturated carbocycles. The van der Waals surface area contributed by atoms with E-state index >= 15 is 0 Å². The Morgan fingerprint density at radius 1 is 1.38 bits per heavy atom. The molecule has 0 fully saturated rings. The summed E-state index contributed by atoms with van der Waals surface area (Å²) >= 11 is 0. The molecule has 0 saturated heterocycles. The Balaban J connectivity index is 2.27. The van der Waals surface area contributed by atoms with E-state index < -0.39 is 0 Å². The van der Waals surface area contributed by atoms with E-state index in [1.54, 1.807) is 0 Å². The quantitative estimate of drug-likeness (QED) is 0.712. The zero-order valence-corrected chi connectivity index (χ0v) is 9.29. The predicted molar refractivity (Wildman–Crippen MR) is 59.4 cm³/mol. The summed E-state index contributed by atoms with van der Waals surface area (Å²) in [5.74, 6) is -0.0869. The molecule has 3 heteroatoms. The van der Waals surface area contributed by atoms with Gasteiger partial charge in [-0.05, 0) is 30.0 Å². The molecule has 0 unspecified atom stereocenters. The van der Waals surface area contributed by atoms with Gasteiger partial charge in [-0.2, -0.15) is 0 Å². The van der Waals surface area contributed by atoms with E-state index in [0.29, 0.717) is 6.42 Å². The van der Waals surface area contributed by atoms with Gasteiger partial charge < -0.3 is 4.74 Å². The van der Waals surface area contributed by atoms with Crippen molar-refractivity contribution in [3.05, 3.63) is 34.9 Å². The molecule has 2 rings (SSSR count). The average Bonchev–Trinajstić information content (AvgIpc) is 2.30. The Hall–Kier alpha value is -1.64. The minimum atomic E-state index is -0.275. The Morgan fingerprint density at radius 2 is 2.19 bits per heavy atom. The molecule has 1 aliphatic carbocycles. The molecule has 16 heavy (non-hydrogen) atoms. The maximum absolute atomic E-state index is 11.7. The fourth-order valence-corrected chi connectivity index (χ4v) is 2.02. The van der Waals surface area contributed by atoms with Gasteiger partial charge in [-0.15, -0.1) is 0 Å². The highest BCUT2D eigenvalue weighted by Gasteiger charge is 2.17.